The van der Waals surface area contributed by atoms with Gasteiger partial charge in [-0.25, -0.2) is 4.39 Å². The van der Waals surface area contributed by atoms with Crippen LogP contribution in [0.25, 0.3) is 0 Å². The second kappa shape index (κ2) is 7.23. The van der Waals surface area contributed by atoms with Crippen molar-refractivity contribution in [2.45, 2.75) is 32.4 Å². The summed E-state index contributed by atoms with van der Waals surface area (Å²) in [4.78, 5) is 0. The summed E-state index contributed by atoms with van der Waals surface area (Å²) in [7, 11) is 1.47. The Bertz CT molecular complexity index is 571. The smallest absolute Gasteiger partial charge is 0.165 e. The summed E-state index contributed by atoms with van der Waals surface area (Å²) in [6.07, 6.45) is 0.948. The minimum absolute atomic E-state index is 0.0871. The zero-order valence-electron chi connectivity index (χ0n) is 12.8. The summed E-state index contributed by atoms with van der Waals surface area (Å²) < 4.78 is 18.7. The van der Waals surface area contributed by atoms with E-state index in [1.165, 1.54) is 18.7 Å². The van der Waals surface area contributed by atoms with Crippen LogP contribution < -0.4 is 10.1 Å². The molecule has 2 nitrogen and oxygen atoms in total. The molecule has 2 unspecified atom stereocenters. The Morgan fingerprint density at radius 1 is 1.10 bits per heavy atom. The van der Waals surface area contributed by atoms with E-state index in [0.29, 0.717) is 6.04 Å². The summed E-state index contributed by atoms with van der Waals surface area (Å²) in [6, 6.07) is 15.9. The molecule has 0 aliphatic heterocycles. The van der Waals surface area contributed by atoms with Crippen molar-refractivity contribution in [3.63, 3.8) is 0 Å². The van der Waals surface area contributed by atoms with E-state index in [4.69, 9.17) is 4.74 Å². The van der Waals surface area contributed by atoms with Crippen molar-refractivity contribution < 1.29 is 9.13 Å². The number of benzene rings is 2. The number of ether oxygens (including phenoxy) is 1. The molecule has 2 atom stereocenters. The van der Waals surface area contributed by atoms with Crippen LogP contribution in [0.3, 0.4) is 0 Å². The lowest BCUT2D eigenvalue weighted by molar-refractivity contribution is 0.385. The fourth-order valence-corrected chi connectivity index (χ4v) is 2.50. The summed E-state index contributed by atoms with van der Waals surface area (Å²) in [5.41, 5.74) is 2.22. The molecular weight excluding hydrogens is 265 g/mol. The molecule has 3 heteroatoms. The van der Waals surface area contributed by atoms with Crippen molar-refractivity contribution in [1.29, 1.82) is 0 Å². The molecule has 0 aliphatic carbocycles. The molecule has 0 fully saturated rings. The monoisotopic (exact) mass is 287 g/mol. The summed E-state index contributed by atoms with van der Waals surface area (Å²) in [5.74, 6) is -0.0392. The van der Waals surface area contributed by atoms with Gasteiger partial charge in [-0.05, 0) is 43.5 Å². The predicted octanol–water partition coefficient (Wildman–Crippen LogP) is 4.12. The van der Waals surface area contributed by atoms with E-state index < -0.39 is 0 Å². The minimum Gasteiger partial charge on any atom is -0.494 e. The molecule has 2 aromatic rings. The van der Waals surface area contributed by atoms with Gasteiger partial charge >= 0.3 is 0 Å². The lowest BCUT2D eigenvalue weighted by atomic mass is 10.0. The Hall–Kier alpha value is -1.87. The van der Waals surface area contributed by atoms with E-state index in [-0.39, 0.29) is 17.6 Å². The van der Waals surface area contributed by atoms with E-state index >= 15 is 0 Å². The van der Waals surface area contributed by atoms with Gasteiger partial charge in [0.05, 0.1) is 7.11 Å². The lowest BCUT2D eigenvalue weighted by Crippen LogP contribution is -2.30. The Morgan fingerprint density at radius 3 is 2.43 bits per heavy atom. The van der Waals surface area contributed by atoms with Gasteiger partial charge in [0.25, 0.3) is 0 Å². The van der Waals surface area contributed by atoms with Gasteiger partial charge in [-0.2, -0.15) is 0 Å². The molecule has 2 rings (SSSR count). The first kappa shape index (κ1) is 15.5. The first-order valence-corrected chi connectivity index (χ1v) is 7.23. The standard InChI is InChI=1S/C18H22FNO/c1-13(11-15-7-5-4-6-8-15)20-14(2)16-9-10-18(21-3)17(19)12-16/h4-10,12-14,20H,11H2,1-3H3. The quantitative estimate of drug-likeness (QED) is 0.863. The van der Waals surface area contributed by atoms with E-state index in [9.17, 15) is 4.39 Å². The zero-order valence-corrected chi connectivity index (χ0v) is 12.8. The third-order valence-electron chi connectivity index (χ3n) is 3.60. The molecule has 0 aromatic heterocycles. The molecular formula is C18H22FNO. The van der Waals surface area contributed by atoms with Crippen LogP contribution in [-0.4, -0.2) is 13.2 Å². The Labute approximate surface area is 126 Å². The SMILES string of the molecule is COc1ccc(C(C)NC(C)Cc2ccccc2)cc1F. The van der Waals surface area contributed by atoms with Gasteiger partial charge < -0.3 is 10.1 Å². The Balaban J connectivity index is 1.97. The van der Waals surface area contributed by atoms with Gasteiger partial charge in [0.2, 0.25) is 0 Å². The molecule has 0 amide bonds. The summed E-state index contributed by atoms with van der Waals surface area (Å²) >= 11 is 0. The molecule has 2 aromatic carbocycles. The first-order valence-electron chi connectivity index (χ1n) is 7.23. The molecule has 0 aliphatic rings. The van der Waals surface area contributed by atoms with Gasteiger partial charge in [-0.15, -0.1) is 0 Å². The molecule has 0 heterocycles. The molecule has 112 valence electrons. The normalized spacial score (nSPS) is 13.7. The number of hydrogen-bond acceptors (Lipinski definition) is 2. The fraction of sp³-hybridized carbons (Fsp3) is 0.333. The summed E-state index contributed by atoms with van der Waals surface area (Å²) in [6.45, 7) is 4.19. The van der Waals surface area contributed by atoms with Gasteiger partial charge in [-0.1, -0.05) is 36.4 Å². The molecule has 0 spiro atoms. The van der Waals surface area contributed by atoms with Gasteiger partial charge in [0.1, 0.15) is 0 Å². The number of hydrogen-bond donors (Lipinski definition) is 1. The van der Waals surface area contributed by atoms with Crippen LogP contribution in [0.5, 0.6) is 5.75 Å². The number of nitrogens with one attached hydrogen (secondary N) is 1. The molecule has 0 bridgehead atoms. The maximum Gasteiger partial charge on any atom is 0.165 e. The lowest BCUT2D eigenvalue weighted by Gasteiger charge is -2.21. The van der Waals surface area contributed by atoms with Crippen molar-refractivity contribution in [3.8, 4) is 5.75 Å². The van der Waals surface area contributed by atoms with Gasteiger partial charge in [0.15, 0.2) is 11.6 Å². The van der Waals surface area contributed by atoms with Crippen LogP contribution in [0.4, 0.5) is 4.39 Å². The van der Waals surface area contributed by atoms with E-state index in [0.717, 1.165) is 12.0 Å². The van der Waals surface area contributed by atoms with Crippen LogP contribution in [0.1, 0.15) is 31.0 Å². The predicted molar refractivity (Wildman–Crippen MR) is 84.1 cm³/mol. The zero-order chi connectivity index (χ0) is 15.2. The first-order chi connectivity index (χ1) is 10.1. The van der Waals surface area contributed by atoms with Gasteiger partial charge in [-0.3, -0.25) is 0 Å². The number of halogens is 1. The third kappa shape index (κ3) is 4.30. The van der Waals surface area contributed by atoms with Crippen LogP contribution in [0.15, 0.2) is 48.5 Å². The third-order valence-corrected chi connectivity index (χ3v) is 3.60. The van der Waals surface area contributed by atoms with Crippen LogP contribution in [-0.2, 0) is 6.42 Å². The minimum atomic E-state index is -0.320. The second-order valence-corrected chi connectivity index (χ2v) is 5.37. The maximum atomic E-state index is 13.7. The van der Waals surface area contributed by atoms with Crippen molar-refractivity contribution in [2.75, 3.05) is 7.11 Å². The van der Waals surface area contributed by atoms with Crippen molar-refractivity contribution >= 4 is 0 Å². The van der Waals surface area contributed by atoms with E-state index in [1.54, 1.807) is 6.07 Å². The molecule has 0 saturated carbocycles. The highest BCUT2D eigenvalue weighted by Gasteiger charge is 2.12. The van der Waals surface area contributed by atoms with Crippen molar-refractivity contribution in [1.82, 2.24) is 5.32 Å². The van der Waals surface area contributed by atoms with Crippen LogP contribution in [0.2, 0.25) is 0 Å². The topological polar surface area (TPSA) is 21.3 Å². The molecule has 0 saturated heterocycles. The average molecular weight is 287 g/mol. The number of methoxy groups -OCH3 is 1. The van der Waals surface area contributed by atoms with Gasteiger partial charge in [0, 0.05) is 12.1 Å². The average Bonchev–Trinajstić information content (AvgIpc) is 2.48. The fourth-order valence-electron chi connectivity index (χ4n) is 2.50. The maximum absolute atomic E-state index is 13.7. The van der Waals surface area contributed by atoms with Crippen molar-refractivity contribution in [2.24, 2.45) is 0 Å². The highest BCUT2D eigenvalue weighted by molar-refractivity contribution is 5.30. The Morgan fingerprint density at radius 2 is 1.81 bits per heavy atom. The number of rotatable bonds is 6. The van der Waals surface area contributed by atoms with Crippen molar-refractivity contribution in [3.05, 3.63) is 65.5 Å². The van der Waals surface area contributed by atoms with Crippen LogP contribution in [0, 0.1) is 5.82 Å². The molecule has 0 radical (unpaired) electrons. The van der Waals surface area contributed by atoms with E-state index in [2.05, 4.69) is 24.4 Å². The largest absolute Gasteiger partial charge is 0.494 e. The highest BCUT2D eigenvalue weighted by atomic mass is 19.1. The Kier molecular flexibility index (Phi) is 5.34. The molecule has 21 heavy (non-hydrogen) atoms. The second-order valence-electron chi connectivity index (χ2n) is 5.37. The highest BCUT2D eigenvalue weighted by Crippen LogP contribution is 2.22. The molecule has 1 N–H and O–H groups in total. The van der Waals surface area contributed by atoms with E-state index in [1.807, 2.05) is 31.2 Å². The van der Waals surface area contributed by atoms with Crippen LogP contribution >= 0.6 is 0 Å². The summed E-state index contributed by atoms with van der Waals surface area (Å²) in [5, 5.41) is 3.50.